The van der Waals surface area contributed by atoms with E-state index in [9.17, 15) is 4.79 Å². The Kier molecular flexibility index (Phi) is 6.33. The van der Waals surface area contributed by atoms with E-state index in [0.717, 1.165) is 39.4 Å². The van der Waals surface area contributed by atoms with E-state index in [1.165, 1.54) is 0 Å². The summed E-state index contributed by atoms with van der Waals surface area (Å²) in [5.41, 5.74) is 5.04. The maximum Gasteiger partial charge on any atom is 0.179 e. The number of Topliss-reactive ketones (excluding diaryl/α,β-unsaturated/α-hetero) is 1. The Morgan fingerprint density at radius 3 is 2.05 bits per heavy atom. The molecule has 0 aliphatic carbocycles. The van der Waals surface area contributed by atoms with Gasteiger partial charge in [-0.25, -0.2) is 0 Å². The van der Waals surface area contributed by atoms with Crippen molar-refractivity contribution in [2.45, 2.75) is 13.0 Å². The van der Waals surface area contributed by atoms with E-state index >= 15 is 0 Å². The van der Waals surface area contributed by atoms with Crippen molar-refractivity contribution >= 4 is 17.2 Å². The zero-order valence-corrected chi connectivity index (χ0v) is 21.9. The Bertz CT molecular complexity index is 1610. The number of hydrogen-bond acceptors (Lipinski definition) is 4. The van der Waals surface area contributed by atoms with Crippen LogP contribution in [0.2, 0.25) is 0 Å². The van der Waals surface area contributed by atoms with Gasteiger partial charge in [-0.3, -0.25) is 9.80 Å². The van der Waals surface area contributed by atoms with Gasteiger partial charge in [0.2, 0.25) is 0 Å². The zero-order valence-electron chi connectivity index (χ0n) is 21.9. The summed E-state index contributed by atoms with van der Waals surface area (Å²) in [7, 11) is 1.65. The molecule has 5 nitrogen and oxygen atoms in total. The van der Waals surface area contributed by atoms with Crippen LogP contribution in [0, 0.1) is 5.41 Å². The average Bonchev–Trinajstić information content (AvgIpc) is 3.62. The summed E-state index contributed by atoms with van der Waals surface area (Å²) in [5, 5.41) is 7.21. The van der Waals surface area contributed by atoms with Gasteiger partial charge in [0.15, 0.2) is 5.78 Å². The largest absolute Gasteiger partial charge is 0.497 e. The number of H-pyrrole nitrogens is 1. The quantitative estimate of drug-likeness (QED) is 0.230. The summed E-state index contributed by atoms with van der Waals surface area (Å²) in [6.45, 7) is 2.03. The van der Waals surface area contributed by atoms with Crippen molar-refractivity contribution in [2.24, 2.45) is 10.5 Å². The maximum absolute atomic E-state index is 14.9. The summed E-state index contributed by atoms with van der Waals surface area (Å²) < 4.78 is 5.35. The van der Waals surface area contributed by atoms with Crippen LogP contribution in [0.15, 0.2) is 133 Å². The third-order valence-electron chi connectivity index (χ3n) is 7.54. The number of rotatable bonds is 7. The van der Waals surface area contributed by atoms with E-state index < -0.39 is 5.41 Å². The van der Waals surface area contributed by atoms with Gasteiger partial charge in [-0.1, -0.05) is 91.0 Å². The van der Waals surface area contributed by atoms with Gasteiger partial charge in [0.25, 0.3) is 0 Å². The lowest BCUT2D eigenvalue weighted by Crippen LogP contribution is -2.42. The molecule has 4 aromatic carbocycles. The Morgan fingerprint density at radius 1 is 0.795 bits per heavy atom. The molecular weight excluding hydrogens is 482 g/mol. The van der Waals surface area contributed by atoms with Crippen LogP contribution >= 0.6 is 0 Å². The fourth-order valence-electron chi connectivity index (χ4n) is 5.57. The average molecular weight is 512 g/mol. The topological polar surface area (TPSA) is 57.7 Å². The molecule has 2 unspecified atom stereocenters. The number of benzene rings is 4. The molecule has 0 amide bonds. The maximum atomic E-state index is 14.9. The third kappa shape index (κ3) is 4.22. The van der Waals surface area contributed by atoms with Crippen LogP contribution in [0.5, 0.6) is 5.75 Å². The smallest absolute Gasteiger partial charge is 0.179 e. The van der Waals surface area contributed by atoms with Gasteiger partial charge in [0.05, 0.1) is 24.6 Å². The molecule has 5 aromatic rings. The van der Waals surface area contributed by atoms with Gasteiger partial charge in [-0.15, -0.1) is 0 Å². The molecule has 0 fully saturated rings. The molecule has 0 spiro atoms. The van der Waals surface area contributed by atoms with Crippen molar-refractivity contribution < 1.29 is 9.53 Å². The van der Waals surface area contributed by atoms with Crippen molar-refractivity contribution in [2.75, 3.05) is 12.1 Å². The van der Waals surface area contributed by atoms with Crippen LogP contribution in [0.3, 0.4) is 0 Å². The molecule has 6 rings (SSSR count). The molecule has 1 aliphatic rings. The number of anilines is 1. The second kappa shape index (κ2) is 10.1. The molecule has 5 heteroatoms. The molecule has 0 saturated heterocycles. The molecule has 2 atom stereocenters. The van der Waals surface area contributed by atoms with Crippen LogP contribution in [-0.2, 0) is 0 Å². The first kappa shape index (κ1) is 24.4. The van der Waals surface area contributed by atoms with Gasteiger partial charge in [0.1, 0.15) is 11.2 Å². The number of hydrazone groups is 1. The Balaban J connectivity index is 1.55. The van der Waals surface area contributed by atoms with Gasteiger partial charge in [-0.05, 0) is 47.9 Å². The molecule has 1 N–H and O–H groups in total. The standard InChI is InChI=1S/C34H29N3O2/c1-34(33(38)30-23-35-22-29(30)24-18-20-28(39-2)21-19-24)31(25-12-6-3-7-13-25)36-37(27-16-10-5-11-17-27)32(34)26-14-8-4-9-15-26/h3-23,32,35H,1-2H3. The number of hydrogen-bond donors (Lipinski definition) is 1. The SMILES string of the molecule is COc1ccc(-c2c[nH]cc2C(=O)C2(C)C(c3ccccc3)=NN(c3ccccc3)C2c2ccccc2)cc1. The summed E-state index contributed by atoms with van der Waals surface area (Å²) in [6.07, 6.45) is 3.70. The minimum atomic E-state index is -0.998. The number of nitrogens with zero attached hydrogens (tertiary/aromatic N) is 2. The van der Waals surface area contributed by atoms with Crippen LogP contribution in [0.4, 0.5) is 5.69 Å². The van der Waals surface area contributed by atoms with Crippen molar-refractivity contribution in [3.05, 3.63) is 144 Å². The van der Waals surface area contributed by atoms with Crippen LogP contribution < -0.4 is 9.75 Å². The number of ketones is 1. The van der Waals surface area contributed by atoms with Crippen LogP contribution in [0.25, 0.3) is 11.1 Å². The van der Waals surface area contributed by atoms with E-state index in [1.807, 2.05) is 127 Å². The minimum Gasteiger partial charge on any atom is -0.497 e. The second-order valence-corrected chi connectivity index (χ2v) is 9.85. The molecule has 1 aliphatic heterocycles. The number of ether oxygens (including phenoxy) is 1. The van der Waals surface area contributed by atoms with Gasteiger partial charge >= 0.3 is 0 Å². The molecule has 1 aromatic heterocycles. The van der Waals surface area contributed by atoms with Crippen LogP contribution in [-0.4, -0.2) is 23.6 Å². The summed E-state index contributed by atoms with van der Waals surface area (Å²) in [5.74, 6) is 0.774. The van der Waals surface area contributed by atoms with E-state index in [4.69, 9.17) is 9.84 Å². The second-order valence-electron chi connectivity index (χ2n) is 9.85. The van der Waals surface area contributed by atoms with E-state index in [-0.39, 0.29) is 11.8 Å². The molecule has 0 bridgehead atoms. The predicted octanol–water partition coefficient (Wildman–Crippen LogP) is 7.55. The highest BCUT2D eigenvalue weighted by Crippen LogP contribution is 2.51. The van der Waals surface area contributed by atoms with Gasteiger partial charge in [-0.2, -0.15) is 5.10 Å². The Hall–Kier alpha value is -4.90. The first-order chi connectivity index (χ1) is 19.1. The highest BCUT2D eigenvalue weighted by Gasteiger charge is 2.55. The zero-order chi connectivity index (χ0) is 26.8. The van der Waals surface area contributed by atoms with Gasteiger partial charge < -0.3 is 9.72 Å². The molecule has 39 heavy (non-hydrogen) atoms. The van der Waals surface area contributed by atoms with Crippen molar-refractivity contribution in [1.82, 2.24) is 4.98 Å². The first-order valence-corrected chi connectivity index (χ1v) is 13.0. The molecular formula is C34H29N3O2. The fourth-order valence-corrected chi connectivity index (χ4v) is 5.57. The number of para-hydroxylation sites is 1. The monoisotopic (exact) mass is 511 g/mol. The molecule has 0 radical (unpaired) electrons. The van der Waals surface area contributed by atoms with E-state index in [1.54, 1.807) is 7.11 Å². The lowest BCUT2D eigenvalue weighted by atomic mass is 9.68. The lowest BCUT2D eigenvalue weighted by Gasteiger charge is -2.35. The number of carbonyl (C=O) groups is 1. The first-order valence-electron chi connectivity index (χ1n) is 13.0. The van der Waals surface area contributed by atoms with Gasteiger partial charge in [0, 0.05) is 23.5 Å². The third-order valence-corrected chi connectivity index (χ3v) is 7.54. The number of nitrogens with one attached hydrogen (secondary N) is 1. The fraction of sp³-hybridized carbons (Fsp3) is 0.118. The minimum absolute atomic E-state index is 0.00413. The molecule has 0 saturated carbocycles. The van der Waals surface area contributed by atoms with Crippen LogP contribution in [0.1, 0.15) is 34.5 Å². The number of carbonyl (C=O) groups excluding carboxylic acids is 1. The normalized spacial score (nSPS) is 18.6. The highest BCUT2D eigenvalue weighted by molar-refractivity contribution is 6.25. The summed E-state index contributed by atoms with van der Waals surface area (Å²) >= 11 is 0. The highest BCUT2D eigenvalue weighted by atomic mass is 16.5. The summed E-state index contributed by atoms with van der Waals surface area (Å²) in [4.78, 5) is 18.1. The van der Waals surface area contributed by atoms with Crippen molar-refractivity contribution in [3.8, 4) is 16.9 Å². The number of aromatic amines is 1. The molecule has 2 heterocycles. The van der Waals surface area contributed by atoms with E-state index in [0.29, 0.717) is 5.56 Å². The lowest BCUT2D eigenvalue weighted by molar-refractivity contribution is 0.0869. The van der Waals surface area contributed by atoms with Crippen molar-refractivity contribution in [1.29, 1.82) is 0 Å². The number of aromatic nitrogens is 1. The molecule has 192 valence electrons. The summed E-state index contributed by atoms with van der Waals surface area (Å²) in [6, 6.07) is 37.7. The Labute approximate surface area is 228 Å². The Morgan fingerprint density at radius 2 is 1.41 bits per heavy atom. The van der Waals surface area contributed by atoms with Crippen molar-refractivity contribution in [3.63, 3.8) is 0 Å². The van der Waals surface area contributed by atoms with E-state index in [2.05, 4.69) is 17.1 Å². The number of methoxy groups -OCH3 is 1. The predicted molar refractivity (Wildman–Crippen MR) is 156 cm³/mol.